The molecule has 2 aromatic rings. The van der Waals surface area contributed by atoms with Gasteiger partial charge in [-0.25, -0.2) is 4.68 Å². The molecule has 0 aliphatic carbocycles. The van der Waals surface area contributed by atoms with E-state index >= 15 is 0 Å². The van der Waals surface area contributed by atoms with Crippen molar-refractivity contribution in [1.82, 2.24) is 15.1 Å². The minimum absolute atomic E-state index is 0.0536. The highest BCUT2D eigenvalue weighted by Gasteiger charge is 2.13. The molecule has 8 heteroatoms. The van der Waals surface area contributed by atoms with E-state index in [4.69, 9.17) is 34.8 Å². The average Bonchev–Trinajstić information content (AvgIpc) is 2.48. The summed E-state index contributed by atoms with van der Waals surface area (Å²) in [6.07, 6.45) is 1.22. The SMILES string of the molecule is C[C@H](NC(=O)Cn1ncc(Cl)c(Cl)c1=O)c1ccc(Cl)cc1. The van der Waals surface area contributed by atoms with Gasteiger partial charge in [0.05, 0.1) is 17.3 Å². The van der Waals surface area contributed by atoms with E-state index in [1.165, 1.54) is 6.20 Å². The summed E-state index contributed by atoms with van der Waals surface area (Å²) in [5, 5.41) is 7.06. The maximum absolute atomic E-state index is 12.0. The highest BCUT2D eigenvalue weighted by Crippen LogP contribution is 2.16. The van der Waals surface area contributed by atoms with Gasteiger partial charge in [0.2, 0.25) is 5.91 Å². The number of aromatic nitrogens is 2. The summed E-state index contributed by atoms with van der Waals surface area (Å²) in [6, 6.07) is 6.88. The molecule has 1 atom stereocenters. The number of hydrogen-bond donors (Lipinski definition) is 1. The molecule has 1 aromatic heterocycles. The zero-order valence-electron chi connectivity index (χ0n) is 11.5. The van der Waals surface area contributed by atoms with Crippen LogP contribution in [0.25, 0.3) is 0 Å². The van der Waals surface area contributed by atoms with Gasteiger partial charge in [-0.05, 0) is 24.6 Å². The number of hydrogen-bond acceptors (Lipinski definition) is 3. The number of halogens is 3. The van der Waals surface area contributed by atoms with Crippen molar-refractivity contribution in [2.24, 2.45) is 0 Å². The topological polar surface area (TPSA) is 64.0 Å². The molecule has 1 aromatic carbocycles. The van der Waals surface area contributed by atoms with Gasteiger partial charge in [0.25, 0.3) is 5.56 Å². The van der Waals surface area contributed by atoms with Gasteiger partial charge < -0.3 is 5.32 Å². The second-order valence-corrected chi connectivity index (χ2v) is 5.83. The first-order valence-electron chi connectivity index (χ1n) is 6.34. The van der Waals surface area contributed by atoms with Crippen molar-refractivity contribution in [3.05, 3.63) is 61.4 Å². The highest BCUT2D eigenvalue weighted by molar-refractivity contribution is 6.41. The van der Waals surface area contributed by atoms with Gasteiger partial charge in [-0.1, -0.05) is 46.9 Å². The lowest BCUT2D eigenvalue weighted by atomic mass is 10.1. The van der Waals surface area contributed by atoms with Gasteiger partial charge in [-0.2, -0.15) is 5.10 Å². The summed E-state index contributed by atoms with van der Waals surface area (Å²) in [7, 11) is 0. The van der Waals surface area contributed by atoms with Crippen LogP contribution in [0.2, 0.25) is 15.1 Å². The van der Waals surface area contributed by atoms with Crippen LogP contribution in [0.15, 0.2) is 35.3 Å². The minimum Gasteiger partial charge on any atom is -0.348 e. The third kappa shape index (κ3) is 4.00. The number of nitrogens with one attached hydrogen (secondary N) is 1. The molecule has 1 N–H and O–H groups in total. The fraction of sp³-hybridized carbons (Fsp3) is 0.214. The van der Waals surface area contributed by atoms with Crippen LogP contribution < -0.4 is 10.9 Å². The van der Waals surface area contributed by atoms with Crippen molar-refractivity contribution in [2.75, 3.05) is 0 Å². The Bertz CT molecular complexity index is 744. The van der Waals surface area contributed by atoms with Crippen molar-refractivity contribution in [1.29, 1.82) is 0 Å². The first-order chi connectivity index (χ1) is 10.4. The number of amides is 1. The van der Waals surface area contributed by atoms with Crippen molar-refractivity contribution in [3.63, 3.8) is 0 Å². The Balaban J connectivity index is 2.06. The molecule has 116 valence electrons. The molecule has 1 heterocycles. The van der Waals surface area contributed by atoms with E-state index in [9.17, 15) is 9.59 Å². The number of benzene rings is 1. The Kier molecular flexibility index (Phi) is 5.45. The summed E-state index contributed by atoms with van der Waals surface area (Å²) in [6.45, 7) is 1.58. The molecule has 0 saturated carbocycles. The molecular formula is C14H12Cl3N3O2. The molecule has 0 radical (unpaired) electrons. The molecule has 2 rings (SSSR count). The van der Waals surface area contributed by atoms with E-state index in [0.717, 1.165) is 10.2 Å². The average molecular weight is 361 g/mol. The van der Waals surface area contributed by atoms with Gasteiger partial charge in [-0.15, -0.1) is 0 Å². The zero-order valence-corrected chi connectivity index (χ0v) is 13.8. The Morgan fingerprint density at radius 3 is 2.55 bits per heavy atom. The lowest BCUT2D eigenvalue weighted by Gasteiger charge is -2.14. The number of rotatable bonds is 4. The summed E-state index contributed by atoms with van der Waals surface area (Å²) in [5.41, 5.74) is 0.288. The van der Waals surface area contributed by atoms with Crippen LogP contribution in [-0.2, 0) is 11.3 Å². The fourth-order valence-corrected chi connectivity index (χ4v) is 2.21. The minimum atomic E-state index is -0.608. The Hall–Kier alpha value is -1.56. The molecule has 5 nitrogen and oxygen atoms in total. The number of carbonyl (C=O) groups excluding carboxylic acids is 1. The first kappa shape index (κ1) is 16.8. The van der Waals surface area contributed by atoms with Gasteiger partial charge in [0.1, 0.15) is 11.6 Å². The standard InChI is InChI=1S/C14H12Cl3N3O2/c1-8(9-2-4-10(15)5-3-9)19-12(21)7-20-14(22)13(17)11(16)6-18-20/h2-6,8H,7H2,1H3,(H,19,21)/t8-/m0/s1. The third-order valence-electron chi connectivity index (χ3n) is 2.98. The summed E-state index contributed by atoms with van der Waals surface area (Å²) in [4.78, 5) is 23.8. The molecule has 0 aliphatic rings. The lowest BCUT2D eigenvalue weighted by molar-refractivity contribution is -0.122. The van der Waals surface area contributed by atoms with E-state index in [1.807, 2.05) is 19.1 Å². The van der Waals surface area contributed by atoms with Crippen molar-refractivity contribution >= 4 is 40.7 Å². The molecule has 0 unspecified atom stereocenters. The van der Waals surface area contributed by atoms with Crippen molar-refractivity contribution < 1.29 is 4.79 Å². The van der Waals surface area contributed by atoms with Crippen LogP contribution in [-0.4, -0.2) is 15.7 Å². The van der Waals surface area contributed by atoms with Crippen LogP contribution >= 0.6 is 34.8 Å². The van der Waals surface area contributed by atoms with Gasteiger partial charge in [0.15, 0.2) is 0 Å². The second-order valence-electron chi connectivity index (χ2n) is 4.61. The lowest BCUT2D eigenvalue weighted by Crippen LogP contribution is -2.35. The predicted octanol–water partition coefficient (Wildman–Crippen LogP) is 3.08. The van der Waals surface area contributed by atoms with Crippen LogP contribution in [0.5, 0.6) is 0 Å². The van der Waals surface area contributed by atoms with Gasteiger partial charge in [-0.3, -0.25) is 9.59 Å². The Morgan fingerprint density at radius 1 is 1.27 bits per heavy atom. The predicted molar refractivity (Wildman–Crippen MR) is 86.5 cm³/mol. The summed E-state index contributed by atoms with van der Waals surface area (Å²) in [5.74, 6) is -0.365. The maximum Gasteiger partial charge on any atom is 0.287 e. The molecule has 22 heavy (non-hydrogen) atoms. The fourth-order valence-electron chi connectivity index (χ4n) is 1.82. The molecule has 0 bridgehead atoms. The Morgan fingerprint density at radius 2 is 1.91 bits per heavy atom. The highest BCUT2D eigenvalue weighted by atomic mass is 35.5. The summed E-state index contributed by atoms with van der Waals surface area (Å²) >= 11 is 17.2. The van der Waals surface area contributed by atoms with E-state index in [1.54, 1.807) is 12.1 Å². The number of carbonyl (C=O) groups is 1. The second kappa shape index (κ2) is 7.13. The smallest absolute Gasteiger partial charge is 0.287 e. The maximum atomic E-state index is 12.0. The van der Waals surface area contributed by atoms with E-state index in [0.29, 0.717) is 5.02 Å². The normalized spacial score (nSPS) is 12.0. The van der Waals surface area contributed by atoms with Crippen LogP contribution in [0.4, 0.5) is 0 Å². The summed E-state index contributed by atoms with van der Waals surface area (Å²) < 4.78 is 0.956. The molecular weight excluding hydrogens is 349 g/mol. The van der Waals surface area contributed by atoms with Crippen LogP contribution in [0.1, 0.15) is 18.5 Å². The van der Waals surface area contributed by atoms with Crippen molar-refractivity contribution in [2.45, 2.75) is 19.5 Å². The third-order valence-corrected chi connectivity index (χ3v) is 3.98. The molecule has 0 aliphatic heterocycles. The first-order valence-corrected chi connectivity index (χ1v) is 7.48. The molecule has 0 fully saturated rings. The monoisotopic (exact) mass is 359 g/mol. The van der Waals surface area contributed by atoms with Crippen LogP contribution in [0, 0.1) is 0 Å². The molecule has 0 saturated heterocycles. The van der Waals surface area contributed by atoms with E-state index < -0.39 is 5.56 Å². The van der Waals surface area contributed by atoms with Gasteiger partial charge >= 0.3 is 0 Å². The molecule has 0 spiro atoms. The molecule has 1 amide bonds. The Labute approximate surface area is 141 Å². The van der Waals surface area contributed by atoms with Crippen molar-refractivity contribution in [3.8, 4) is 0 Å². The number of nitrogens with zero attached hydrogens (tertiary/aromatic N) is 2. The zero-order chi connectivity index (χ0) is 16.3. The largest absolute Gasteiger partial charge is 0.348 e. The van der Waals surface area contributed by atoms with E-state index in [-0.39, 0.29) is 28.5 Å². The quantitative estimate of drug-likeness (QED) is 0.911. The van der Waals surface area contributed by atoms with Gasteiger partial charge in [0, 0.05) is 5.02 Å². The van der Waals surface area contributed by atoms with E-state index in [2.05, 4.69) is 10.4 Å². The van der Waals surface area contributed by atoms with Crippen LogP contribution in [0.3, 0.4) is 0 Å².